The first kappa shape index (κ1) is 18.9. The molecule has 1 aromatic heterocycles. The van der Waals surface area contributed by atoms with Gasteiger partial charge < -0.3 is 4.74 Å². The van der Waals surface area contributed by atoms with E-state index in [1.54, 1.807) is 6.08 Å². The molecule has 0 saturated heterocycles. The van der Waals surface area contributed by atoms with E-state index in [2.05, 4.69) is 42.3 Å². The van der Waals surface area contributed by atoms with E-state index in [0.717, 1.165) is 22.6 Å². The van der Waals surface area contributed by atoms with Gasteiger partial charge in [-0.25, -0.2) is 4.98 Å². The number of aromatic nitrogens is 1. The topological polar surface area (TPSA) is 51.2 Å². The average Bonchev–Trinajstić information content (AvgIpc) is 3.11. The van der Waals surface area contributed by atoms with E-state index in [-0.39, 0.29) is 5.91 Å². The van der Waals surface area contributed by atoms with Crippen molar-refractivity contribution in [2.45, 2.75) is 20.8 Å². The highest BCUT2D eigenvalue weighted by Gasteiger charge is 2.09. The lowest BCUT2D eigenvalue weighted by Gasteiger charge is -2.03. The van der Waals surface area contributed by atoms with Crippen LogP contribution in [0, 0.1) is 13.8 Å². The fourth-order valence-electron chi connectivity index (χ4n) is 2.63. The molecule has 27 heavy (non-hydrogen) atoms. The van der Waals surface area contributed by atoms with Gasteiger partial charge in [-0.2, -0.15) is 0 Å². The van der Waals surface area contributed by atoms with Crippen LogP contribution >= 0.6 is 11.3 Å². The summed E-state index contributed by atoms with van der Waals surface area (Å²) in [4.78, 5) is 16.7. The Labute approximate surface area is 163 Å². The Kier molecular flexibility index (Phi) is 6.04. The number of hydrogen-bond donors (Lipinski definition) is 1. The summed E-state index contributed by atoms with van der Waals surface area (Å²) in [6.45, 7) is 6.70. The lowest BCUT2D eigenvalue weighted by molar-refractivity contribution is -0.111. The maximum Gasteiger partial charge on any atom is 0.250 e. The summed E-state index contributed by atoms with van der Waals surface area (Å²) in [6.07, 6.45) is 3.28. The molecule has 0 unspecified atom stereocenters. The Morgan fingerprint density at radius 3 is 2.70 bits per heavy atom. The smallest absolute Gasteiger partial charge is 0.250 e. The molecule has 0 aliphatic carbocycles. The second kappa shape index (κ2) is 8.64. The van der Waals surface area contributed by atoms with Crippen LogP contribution in [0.1, 0.15) is 23.6 Å². The van der Waals surface area contributed by atoms with Crippen molar-refractivity contribution in [3.05, 3.63) is 70.6 Å². The molecule has 1 heterocycles. The zero-order valence-electron chi connectivity index (χ0n) is 15.7. The molecule has 0 aliphatic heterocycles. The van der Waals surface area contributed by atoms with Gasteiger partial charge in [0.05, 0.1) is 12.3 Å². The summed E-state index contributed by atoms with van der Waals surface area (Å²) in [5, 5.41) is 5.38. The number of carbonyl (C=O) groups is 1. The largest absolute Gasteiger partial charge is 0.494 e. The van der Waals surface area contributed by atoms with Crippen molar-refractivity contribution < 1.29 is 9.53 Å². The predicted octanol–water partition coefficient (Wildman–Crippen LogP) is 5.48. The highest BCUT2D eigenvalue weighted by Crippen LogP contribution is 2.28. The lowest BCUT2D eigenvalue weighted by Crippen LogP contribution is -2.07. The Hall–Kier alpha value is -2.92. The van der Waals surface area contributed by atoms with E-state index >= 15 is 0 Å². The molecule has 5 heteroatoms. The average molecular weight is 378 g/mol. The summed E-state index contributed by atoms with van der Waals surface area (Å²) in [5.41, 5.74) is 5.26. The lowest BCUT2D eigenvalue weighted by atomic mass is 10.0. The van der Waals surface area contributed by atoms with E-state index < -0.39 is 0 Å². The SMILES string of the molecule is CCOc1ccc(C=CC(=O)Nc2nc(-c3cc(C)ccc3C)cs2)cc1. The molecule has 0 fully saturated rings. The van der Waals surface area contributed by atoms with Gasteiger partial charge in [0.25, 0.3) is 0 Å². The van der Waals surface area contributed by atoms with Gasteiger partial charge in [0.15, 0.2) is 5.13 Å². The minimum atomic E-state index is -0.203. The predicted molar refractivity (Wildman–Crippen MR) is 112 cm³/mol. The Morgan fingerprint density at radius 2 is 1.96 bits per heavy atom. The van der Waals surface area contributed by atoms with Crippen LogP contribution < -0.4 is 10.1 Å². The molecule has 0 spiro atoms. The maximum absolute atomic E-state index is 12.2. The first-order chi connectivity index (χ1) is 13.0. The molecule has 138 valence electrons. The van der Waals surface area contributed by atoms with Crippen molar-refractivity contribution in [2.75, 3.05) is 11.9 Å². The van der Waals surface area contributed by atoms with Gasteiger partial charge in [-0.3, -0.25) is 10.1 Å². The molecule has 4 nitrogen and oxygen atoms in total. The van der Waals surface area contributed by atoms with E-state index in [9.17, 15) is 4.79 Å². The van der Waals surface area contributed by atoms with Crippen LogP contribution in [0.3, 0.4) is 0 Å². The number of aryl methyl sites for hydroxylation is 2. The van der Waals surface area contributed by atoms with Crippen LogP contribution in [0.2, 0.25) is 0 Å². The first-order valence-electron chi connectivity index (χ1n) is 8.80. The molecule has 0 bridgehead atoms. The third-order valence-corrected chi connectivity index (χ3v) is 4.78. The quantitative estimate of drug-likeness (QED) is 0.578. The standard InChI is InChI=1S/C22H22N2O2S/c1-4-26-18-10-7-17(8-11-18)9-12-21(25)24-22-23-20(14-27-22)19-13-15(2)5-6-16(19)3/h5-14H,4H2,1-3H3,(H,23,24,25). The van der Waals surface area contributed by atoms with Crippen molar-refractivity contribution in [2.24, 2.45) is 0 Å². The van der Waals surface area contributed by atoms with Gasteiger partial charge in [0.2, 0.25) is 5.91 Å². The van der Waals surface area contributed by atoms with Crippen LogP contribution in [0.25, 0.3) is 17.3 Å². The summed E-state index contributed by atoms with van der Waals surface area (Å²) >= 11 is 1.42. The van der Waals surface area contributed by atoms with E-state index in [4.69, 9.17) is 4.74 Å². The number of thiazole rings is 1. The summed E-state index contributed by atoms with van der Waals surface area (Å²) in [7, 11) is 0. The van der Waals surface area contributed by atoms with E-state index in [1.807, 2.05) is 36.6 Å². The summed E-state index contributed by atoms with van der Waals surface area (Å²) in [6, 6.07) is 13.9. The number of rotatable bonds is 6. The summed E-state index contributed by atoms with van der Waals surface area (Å²) < 4.78 is 5.41. The Balaban J connectivity index is 1.64. The number of anilines is 1. The molecule has 3 aromatic rings. The molecule has 0 saturated carbocycles. The third-order valence-electron chi connectivity index (χ3n) is 4.02. The number of hydrogen-bond acceptors (Lipinski definition) is 4. The Bertz CT molecular complexity index is 959. The van der Waals surface area contributed by atoms with Gasteiger partial charge in [-0.1, -0.05) is 29.8 Å². The fourth-order valence-corrected chi connectivity index (χ4v) is 3.34. The third kappa shape index (κ3) is 5.05. The Morgan fingerprint density at radius 1 is 1.19 bits per heavy atom. The van der Waals surface area contributed by atoms with Crippen molar-refractivity contribution in [1.82, 2.24) is 4.98 Å². The molecule has 1 N–H and O–H groups in total. The van der Waals surface area contributed by atoms with Crippen LogP contribution in [0.15, 0.2) is 53.9 Å². The van der Waals surface area contributed by atoms with Gasteiger partial charge in [-0.15, -0.1) is 11.3 Å². The molecule has 0 aliphatic rings. The van der Waals surface area contributed by atoms with E-state index in [0.29, 0.717) is 11.7 Å². The number of carbonyl (C=O) groups excluding carboxylic acids is 1. The fraction of sp³-hybridized carbons (Fsp3) is 0.182. The first-order valence-corrected chi connectivity index (χ1v) is 9.68. The van der Waals surface area contributed by atoms with Gasteiger partial charge >= 0.3 is 0 Å². The maximum atomic E-state index is 12.2. The zero-order chi connectivity index (χ0) is 19.2. The minimum Gasteiger partial charge on any atom is -0.494 e. The van der Waals surface area contributed by atoms with Crippen LogP contribution in [0.4, 0.5) is 5.13 Å². The van der Waals surface area contributed by atoms with Gasteiger partial charge in [0, 0.05) is 17.0 Å². The highest BCUT2D eigenvalue weighted by molar-refractivity contribution is 7.14. The van der Waals surface area contributed by atoms with Crippen molar-refractivity contribution >= 4 is 28.5 Å². The second-order valence-electron chi connectivity index (χ2n) is 6.18. The molecule has 1 amide bonds. The van der Waals surface area contributed by atoms with Crippen molar-refractivity contribution in [3.8, 4) is 17.0 Å². The molecular weight excluding hydrogens is 356 g/mol. The van der Waals surface area contributed by atoms with Gasteiger partial charge in [0.1, 0.15) is 5.75 Å². The number of nitrogens with zero attached hydrogens (tertiary/aromatic N) is 1. The number of nitrogens with one attached hydrogen (secondary N) is 1. The van der Waals surface area contributed by atoms with Gasteiger partial charge in [-0.05, 0) is 56.2 Å². The zero-order valence-corrected chi connectivity index (χ0v) is 16.5. The van der Waals surface area contributed by atoms with Crippen molar-refractivity contribution in [1.29, 1.82) is 0 Å². The molecule has 0 radical (unpaired) electrons. The van der Waals surface area contributed by atoms with Crippen LogP contribution in [-0.4, -0.2) is 17.5 Å². The molecule has 3 rings (SSSR count). The second-order valence-corrected chi connectivity index (χ2v) is 7.04. The molecular formula is C22H22N2O2S. The van der Waals surface area contributed by atoms with Crippen LogP contribution in [0.5, 0.6) is 5.75 Å². The van der Waals surface area contributed by atoms with Crippen LogP contribution in [-0.2, 0) is 4.79 Å². The highest BCUT2D eigenvalue weighted by atomic mass is 32.1. The number of ether oxygens (including phenoxy) is 1. The molecule has 0 atom stereocenters. The minimum absolute atomic E-state index is 0.203. The van der Waals surface area contributed by atoms with Crippen molar-refractivity contribution in [3.63, 3.8) is 0 Å². The number of benzene rings is 2. The number of amides is 1. The molecule has 2 aromatic carbocycles. The monoisotopic (exact) mass is 378 g/mol. The normalized spacial score (nSPS) is 10.9. The van der Waals surface area contributed by atoms with E-state index in [1.165, 1.54) is 28.5 Å². The summed E-state index contributed by atoms with van der Waals surface area (Å²) in [5.74, 6) is 0.617.